The van der Waals surface area contributed by atoms with Crippen LogP contribution >= 0.6 is 0 Å². The molecule has 15 heavy (non-hydrogen) atoms. The summed E-state index contributed by atoms with van der Waals surface area (Å²) in [5.74, 6) is 0. The molecule has 0 radical (unpaired) electrons. The third-order valence-electron chi connectivity index (χ3n) is 3.73. The summed E-state index contributed by atoms with van der Waals surface area (Å²) in [6.45, 7) is 3.07. The topological polar surface area (TPSA) is 50.1 Å². The fourth-order valence-electron chi connectivity index (χ4n) is 2.80. The molecular weight excluding hydrogens is 186 g/mol. The molecule has 3 heteroatoms. The van der Waals surface area contributed by atoms with Gasteiger partial charge in [0.15, 0.2) is 0 Å². The Morgan fingerprint density at radius 2 is 2.07 bits per heavy atom. The van der Waals surface area contributed by atoms with E-state index in [0.29, 0.717) is 0 Å². The minimum atomic E-state index is 0.137. The standard InChI is InChI=1S/C12H17N3/c13-11-9-2-1-5-15-10(9)8-12(11)3-6-14-7-4-12/h1-2,8,14-15H,3-7,13H2. The van der Waals surface area contributed by atoms with Crippen LogP contribution in [0.2, 0.25) is 0 Å². The van der Waals surface area contributed by atoms with Gasteiger partial charge in [-0.05, 0) is 32.0 Å². The van der Waals surface area contributed by atoms with E-state index in [0.717, 1.165) is 38.2 Å². The van der Waals surface area contributed by atoms with E-state index in [9.17, 15) is 0 Å². The highest BCUT2D eigenvalue weighted by Gasteiger charge is 2.39. The summed E-state index contributed by atoms with van der Waals surface area (Å²) in [4.78, 5) is 0. The number of allylic oxidation sites excluding steroid dienone is 2. The molecule has 1 aliphatic carbocycles. The first-order chi connectivity index (χ1) is 7.32. The van der Waals surface area contributed by atoms with Crippen LogP contribution in [-0.4, -0.2) is 19.6 Å². The van der Waals surface area contributed by atoms with Gasteiger partial charge in [-0.25, -0.2) is 0 Å². The van der Waals surface area contributed by atoms with Crippen molar-refractivity contribution in [2.45, 2.75) is 12.8 Å². The van der Waals surface area contributed by atoms with Crippen molar-refractivity contribution in [3.8, 4) is 0 Å². The number of piperidine rings is 1. The summed E-state index contributed by atoms with van der Waals surface area (Å²) < 4.78 is 0. The first kappa shape index (κ1) is 9.04. The lowest BCUT2D eigenvalue weighted by atomic mass is 9.78. The Morgan fingerprint density at radius 1 is 1.27 bits per heavy atom. The van der Waals surface area contributed by atoms with Crippen molar-refractivity contribution in [3.63, 3.8) is 0 Å². The fraction of sp³-hybridized carbons (Fsp3) is 0.500. The van der Waals surface area contributed by atoms with Crippen LogP contribution < -0.4 is 16.4 Å². The molecule has 0 bridgehead atoms. The van der Waals surface area contributed by atoms with Gasteiger partial charge < -0.3 is 16.4 Å². The second kappa shape index (κ2) is 3.14. The highest BCUT2D eigenvalue weighted by Crippen LogP contribution is 2.44. The Morgan fingerprint density at radius 3 is 2.80 bits per heavy atom. The van der Waals surface area contributed by atoms with Crippen molar-refractivity contribution in [1.29, 1.82) is 0 Å². The summed E-state index contributed by atoms with van der Waals surface area (Å²) in [6.07, 6.45) is 8.90. The molecule has 1 spiro atoms. The van der Waals surface area contributed by atoms with Gasteiger partial charge in [-0.2, -0.15) is 0 Å². The van der Waals surface area contributed by atoms with Crippen molar-refractivity contribution >= 4 is 0 Å². The molecular formula is C12H17N3. The molecule has 2 aliphatic heterocycles. The molecule has 2 heterocycles. The Balaban J connectivity index is 2.03. The summed E-state index contributed by atoms with van der Waals surface area (Å²) in [5.41, 5.74) is 9.99. The molecule has 0 amide bonds. The molecule has 0 aromatic heterocycles. The second-order valence-corrected chi connectivity index (χ2v) is 4.57. The molecule has 4 N–H and O–H groups in total. The lowest BCUT2D eigenvalue weighted by Gasteiger charge is -2.33. The van der Waals surface area contributed by atoms with Crippen LogP contribution in [0.5, 0.6) is 0 Å². The predicted octanol–water partition coefficient (Wildman–Crippen LogP) is 0.626. The molecule has 1 fully saturated rings. The lowest BCUT2D eigenvalue weighted by molar-refractivity contribution is 0.324. The molecule has 3 nitrogen and oxygen atoms in total. The number of hydrogen-bond donors (Lipinski definition) is 3. The number of nitrogens with one attached hydrogen (secondary N) is 2. The van der Waals surface area contributed by atoms with Crippen molar-refractivity contribution in [3.05, 3.63) is 35.2 Å². The number of hydrogen-bond acceptors (Lipinski definition) is 3. The van der Waals surface area contributed by atoms with Gasteiger partial charge in [0.25, 0.3) is 0 Å². The van der Waals surface area contributed by atoms with E-state index in [1.165, 1.54) is 11.3 Å². The maximum Gasteiger partial charge on any atom is 0.0403 e. The summed E-state index contributed by atoms with van der Waals surface area (Å²) >= 11 is 0. The van der Waals surface area contributed by atoms with Crippen LogP contribution in [0.3, 0.4) is 0 Å². The quantitative estimate of drug-likeness (QED) is 0.541. The van der Waals surface area contributed by atoms with Crippen LogP contribution in [-0.2, 0) is 0 Å². The van der Waals surface area contributed by atoms with Crippen LogP contribution in [0.4, 0.5) is 0 Å². The van der Waals surface area contributed by atoms with E-state index in [1.54, 1.807) is 0 Å². The van der Waals surface area contributed by atoms with E-state index in [1.807, 2.05) is 0 Å². The zero-order chi connectivity index (χ0) is 10.3. The van der Waals surface area contributed by atoms with Gasteiger partial charge in [-0.1, -0.05) is 12.2 Å². The van der Waals surface area contributed by atoms with Gasteiger partial charge in [0.2, 0.25) is 0 Å². The van der Waals surface area contributed by atoms with Gasteiger partial charge in [-0.3, -0.25) is 0 Å². The molecule has 0 saturated carbocycles. The normalized spacial score (nSPS) is 27.6. The Bertz CT molecular complexity index is 370. The van der Waals surface area contributed by atoms with Gasteiger partial charge in [0.1, 0.15) is 0 Å². The average molecular weight is 203 g/mol. The first-order valence-corrected chi connectivity index (χ1v) is 5.66. The van der Waals surface area contributed by atoms with E-state index in [-0.39, 0.29) is 5.41 Å². The van der Waals surface area contributed by atoms with Crippen molar-refractivity contribution < 1.29 is 0 Å². The molecule has 3 aliphatic rings. The summed E-state index contributed by atoms with van der Waals surface area (Å²) in [7, 11) is 0. The molecule has 3 rings (SSSR count). The third kappa shape index (κ3) is 1.23. The summed E-state index contributed by atoms with van der Waals surface area (Å²) in [5, 5.41) is 6.79. The molecule has 0 aromatic rings. The smallest absolute Gasteiger partial charge is 0.0403 e. The third-order valence-corrected chi connectivity index (χ3v) is 3.73. The highest BCUT2D eigenvalue weighted by atomic mass is 14.9. The molecule has 0 atom stereocenters. The number of rotatable bonds is 0. The van der Waals surface area contributed by atoms with Crippen LogP contribution in [0.15, 0.2) is 35.2 Å². The van der Waals surface area contributed by atoms with E-state index < -0.39 is 0 Å². The predicted molar refractivity (Wildman–Crippen MR) is 61.0 cm³/mol. The van der Waals surface area contributed by atoms with E-state index >= 15 is 0 Å². The molecule has 80 valence electrons. The summed E-state index contributed by atoms with van der Waals surface area (Å²) in [6, 6.07) is 0. The lowest BCUT2D eigenvalue weighted by Crippen LogP contribution is -2.38. The maximum absolute atomic E-state index is 6.31. The fourth-order valence-corrected chi connectivity index (χ4v) is 2.80. The minimum absolute atomic E-state index is 0.137. The van der Waals surface area contributed by atoms with E-state index in [4.69, 9.17) is 5.73 Å². The molecule has 1 saturated heterocycles. The zero-order valence-electron chi connectivity index (χ0n) is 8.84. The minimum Gasteiger partial charge on any atom is -0.401 e. The van der Waals surface area contributed by atoms with Crippen LogP contribution in [0.25, 0.3) is 0 Å². The first-order valence-electron chi connectivity index (χ1n) is 5.66. The Hall–Kier alpha value is -1.22. The number of fused-ring (bicyclic) bond motifs is 1. The monoisotopic (exact) mass is 203 g/mol. The average Bonchev–Trinajstić information content (AvgIpc) is 2.54. The van der Waals surface area contributed by atoms with Crippen molar-refractivity contribution in [2.24, 2.45) is 11.1 Å². The Labute approximate surface area is 90.1 Å². The van der Waals surface area contributed by atoms with Gasteiger partial charge in [0.05, 0.1) is 0 Å². The molecule has 0 unspecified atom stereocenters. The van der Waals surface area contributed by atoms with Crippen molar-refractivity contribution in [2.75, 3.05) is 19.6 Å². The number of nitrogens with two attached hydrogens (primary N) is 1. The van der Waals surface area contributed by atoms with Crippen molar-refractivity contribution in [1.82, 2.24) is 10.6 Å². The molecule has 0 aromatic carbocycles. The largest absolute Gasteiger partial charge is 0.401 e. The Kier molecular flexibility index (Phi) is 1.89. The van der Waals surface area contributed by atoms with Gasteiger partial charge >= 0.3 is 0 Å². The highest BCUT2D eigenvalue weighted by molar-refractivity contribution is 5.53. The van der Waals surface area contributed by atoms with Gasteiger partial charge in [0, 0.05) is 28.9 Å². The van der Waals surface area contributed by atoms with Crippen LogP contribution in [0, 0.1) is 5.41 Å². The second-order valence-electron chi connectivity index (χ2n) is 4.57. The maximum atomic E-state index is 6.31. The van der Waals surface area contributed by atoms with Crippen LogP contribution in [0.1, 0.15) is 12.8 Å². The van der Waals surface area contributed by atoms with Gasteiger partial charge in [-0.15, -0.1) is 0 Å². The van der Waals surface area contributed by atoms with E-state index in [2.05, 4.69) is 28.9 Å². The SMILES string of the molecule is NC1=C2C=CCNC2=CC12CCNCC2. The zero-order valence-corrected chi connectivity index (χ0v) is 8.84.